The lowest BCUT2D eigenvalue weighted by Crippen LogP contribution is -2.43. The number of aliphatic imine (C=N–C) groups is 1. The zero-order chi connectivity index (χ0) is 18.7. The fourth-order valence-electron chi connectivity index (χ4n) is 3.36. The average Bonchev–Trinajstić information content (AvgIpc) is 3.12. The van der Waals surface area contributed by atoms with E-state index in [1.165, 1.54) is 25.7 Å². The maximum atomic E-state index is 12.1. The van der Waals surface area contributed by atoms with Crippen LogP contribution in [0.4, 0.5) is 5.69 Å². The van der Waals surface area contributed by atoms with Crippen LogP contribution >= 0.6 is 24.0 Å². The topological polar surface area (TPSA) is 87.6 Å². The number of carbonyl (C=O) groups is 1. The molecule has 1 aromatic heterocycles. The molecule has 152 valence electrons. The fraction of sp³-hybridized carbons (Fsp3) is 0.632. The Kier molecular flexibility index (Phi) is 11.3. The molecule has 0 radical (unpaired) electrons. The van der Waals surface area contributed by atoms with Gasteiger partial charge >= 0.3 is 0 Å². The summed E-state index contributed by atoms with van der Waals surface area (Å²) in [6, 6.07) is 3.59. The number of halogens is 1. The third kappa shape index (κ3) is 8.42. The smallest absolute Gasteiger partial charge is 0.246 e. The molecule has 1 amide bonds. The summed E-state index contributed by atoms with van der Waals surface area (Å²) in [7, 11) is 1.75. The van der Waals surface area contributed by atoms with Crippen LogP contribution in [-0.4, -0.2) is 50.2 Å². The molecule has 1 fully saturated rings. The molecule has 8 heteroatoms. The molecule has 2 rings (SSSR count). The highest BCUT2D eigenvalue weighted by Crippen LogP contribution is 2.40. The zero-order valence-electron chi connectivity index (χ0n) is 16.3. The number of hydrogen-bond donors (Lipinski definition) is 3. The Labute approximate surface area is 179 Å². The van der Waals surface area contributed by atoms with E-state index < -0.39 is 0 Å². The number of amides is 1. The summed E-state index contributed by atoms with van der Waals surface area (Å²) >= 11 is 0. The Balaban J connectivity index is 0.00000364. The van der Waals surface area contributed by atoms with Crippen LogP contribution in [0.5, 0.6) is 0 Å². The number of rotatable bonds is 9. The normalized spacial score (nSPS) is 15.7. The molecule has 0 atom stereocenters. The van der Waals surface area contributed by atoms with E-state index in [0.717, 1.165) is 26.1 Å². The number of hydrogen-bond acceptors (Lipinski definition) is 4. The van der Waals surface area contributed by atoms with Gasteiger partial charge in [0.25, 0.3) is 0 Å². The van der Waals surface area contributed by atoms with Gasteiger partial charge in [0.1, 0.15) is 6.54 Å². The van der Waals surface area contributed by atoms with E-state index in [0.29, 0.717) is 11.6 Å². The highest BCUT2D eigenvalue weighted by Gasteiger charge is 2.33. The van der Waals surface area contributed by atoms with Gasteiger partial charge in [-0.25, -0.2) is 4.99 Å². The van der Waals surface area contributed by atoms with Gasteiger partial charge in [-0.2, -0.15) is 0 Å². The predicted octanol–water partition coefficient (Wildman–Crippen LogP) is 2.79. The first-order chi connectivity index (χ1) is 12.7. The first-order valence-corrected chi connectivity index (χ1v) is 9.38. The quantitative estimate of drug-likeness (QED) is 0.282. The van der Waals surface area contributed by atoms with Crippen LogP contribution in [0.15, 0.2) is 29.5 Å². The van der Waals surface area contributed by atoms with E-state index in [1.807, 2.05) is 6.92 Å². The van der Waals surface area contributed by atoms with E-state index in [2.05, 4.69) is 25.9 Å². The second kappa shape index (κ2) is 12.9. The number of anilines is 1. The van der Waals surface area contributed by atoms with Crippen molar-refractivity contribution in [3.63, 3.8) is 0 Å². The summed E-state index contributed by atoms with van der Waals surface area (Å²) < 4.78 is 5.29. The molecular formula is C19H32IN5O2. The van der Waals surface area contributed by atoms with Crippen molar-refractivity contribution in [2.24, 2.45) is 10.4 Å². The van der Waals surface area contributed by atoms with Crippen molar-refractivity contribution < 1.29 is 9.53 Å². The van der Waals surface area contributed by atoms with Gasteiger partial charge in [-0.15, -0.1) is 24.0 Å². The molecule has 1 aliphatic carbocycles. The Morgan fingerprint density at radius 2 is 2.11 bits per heavy atom. The molecule has 27 heavy (non-hydrogen) atoms. The average molecular weight is 489 g/mol. The molecule has 0 aromatic carbocycles. The monoisotopic (exact) mass is 489 g/mol. The third-order valence-corrected chi connectivity index (χ3v) is 4.80. The molecule has 1 aromatic rings. The fourth-order valence-corrected chi connectivity index (χ4v) is 3.36. The number of guanidine groups is 1. The second-order valence-corrected chi connectivity index (χ2v) is 6.79. The van der Waals surface area contributed by atoms with E-state index in [4.69, 9.17) is 4.74 Å². The summed E-state index contributed by atoms with van der Waals surface area (Å²) in [5.74, 6) is 0.516. The molecule has 7 nitrogen and oxygen atoms in total. The molecule has 0 saturated heterocycles. The van der Waals surface area contributed by atoms with E-state index in [1.54, 1.807) is 31.6 Å². The van der Waals surface area contributed by atoms with Gasteiger partial charge in [-0.05, 0) is 43.7 Å². The number of methoxy groups -OCH3 is 1. The van der Waals surface area contributed by atoms with Crippen LogP contribution in [0.1, 0.15) is 39.0 Å². The molecule has 1 aliphatic rings. The maximum Gasteiger partial charge on any atom is 0.246 e. The summed E-state index contributed by atoms with van der Waals surface area (Å²) in [5.41, 5.74) is 0.944. The van der Waals surface area contributed by atoms with Crippen molar-refractivity contribution in [1.29, 1.82) is 0 Å². The van der Waals surface area contributed by atoms with Crippen molar-refractivity contribution >= 4 is 41.5 Å². The highest BCUT2D eigenvalue weighted by atomic mass is 127. The summed E-state index contributed by atoms with van der Waals surface area (Å²) in [6.07, 6.45) is 9.30. The van der Waals surface area contributed by atoms with Crippen molar-refractivity contribution in [3.05, 3.63) is 24.5 Å². The lowest BCUT2D eigenvalue weighted by Gasteiger charge is -2.29. The Morgan fingerprint density at radius 3 is 2.74 bits per heavy atom. The van der Waals surface area contributed by atoms with Gasteiger partial charge in [-0.1, -0.05) is 12.8 Å². The third-order valence-electron chi connectivity index (χ3n) is 4.80. The van der Waals surface area contributed by atoms with E-state index >= 15 is 0 Å². The number of aromatic nitrogens is 1. The second-order valence-electron chi connectivity index (χ2n) is 6.79. The van der Waals surface area contributed by atoms with E-state index in [-0.39, 0.29) is 41.8 Å². The summed E-state index contributed by atoms with van der Waals surface area (Å²) in [6.45, 7) is 4.47. The van der Waals surface area contributed by atoms with Gasteiger partial charge in [0, 0.05) is 33.0 Å². The van der Waals surface area contributed by atoms with Crippen LogP contribution in [-0.2, 0) is 9.53 Å². The Bertz CT molecular complexity index is 577. The number of nitrogens with one attached hydrogen (secondary N) is 3. The van der Waals surface area contributed by atoms with Crippen molar-refractivity contribution in [1.82, 2.24) is 15.6 Å². The van der Waals surface area contributed by atoms with Crippen LogP contribution in [0, 0.1) is 5.41 Å². The molecule has 0 spiro atoms. The van der Waals surface area contributed by atoms with Gasteiger partial charge in [0.2, 0.25) is 5.91 Å². The van der Waals surface area contributed by atoms with Crippen LogP contribution < -0.4 is 16.0 Å². The zero-order valence-corrected chi connectivity index (χ0v) is 18.6. The maximum absolute atomic E-state index is 12.1. The minimum Gasteiger partial charge on any atom is -0.385 e. The molecular weight excluding hydrogens is 457 g/mol. The van der Waals surface area contributed by atoms with E-state index in [9.17, 15) is 4.79 Å². The van der Waals surface area contributed by atoms with Crippen molar-refractivity contribution in [2.45, 2.75) is 39.0 Å². The number of carbonyl (C=O) groups excluding carboxylic acids is 1. The van der Waals surface area contributed by atoms with Gasteiger partial charge < -0.3 is 20.7 Å². The van der Waals surface area contributed by atoms with Gasteiger partial charge in [0.15, 0.2) is 5.96 Å². The molecule has 3 N–H and O–H groups in total. The molecule has 1 saturated carbocycles. The predicted molar refractivity (Wildman–Crippen MR) is 120 cm³/mol. The van der Waals surface area contributed by atoms with Crippen molar-refractivity contribution in [2.75, 3.05) is 38.7 Å². The lowest BCUT2D eigenvalue weighted by molar-refractivity contribution is -0.114. The Morgan fingerprint density at radius 1 is 1.33 bits per heavy atom. The van der Waals surface area contributed by atoms with Crippen LogP contribution in [0.2, 0.25) is 0 Å². The summed E-state index contributed by atoms with van der Waals surface area (Å²) in [5, 5.41) is 9.43. The lowest BCUT2D eigenvalue weighted by atomic mass is 9.83. The number of pyridine rings is 1. The Hall–Kier alpha value is -1.42. The minimum absolute atomic E-state index is 0. The molecule has 0 aliphatic heterocycles. The largest absolute Gasteiger partial charge is 0.385 e. The van der Waals surface area contributed by atoms with Gasteiger partial charge in [-0.3, -0.25) is 9.78 Å². The number of ether oxygens (including phenoxy) is 1. The van der Waals surface area contributed by atoms with Crippen molar-refractivity contribution in [3.8, 4) is 0 Å². The standard InChI is InChI=1S/C19H31N5O2.HI/c1-3-21-18(22-14-17(25)24-16-7-6-11-20-13-16)23-15-19(10-12-26-2)8-4-5-9-19;/h6-7,11,13H,3-5,8-10,12,14-15H2,1-2H3,(H,24,25)(H2,21,22,23);1H. The molecule has 0 bridgehead atoms. The first kappa shape index (κ1) is 23.6. The van der Waals surface area contributed by atoms with Gasteiger partial charge in [0.05, 0.1) is 11.9 Å². The first-order valence-electron chi connectivity index (χ1n) is 9.38. The minimum atomic E-state index is -0.162. The number of nitrogens with zero attached hydrogens (tertiary/aromatic N) is 2. The van der Waals surface area contributed by atoms with Crippen LogP contribution in [0.25, 0.3) is 0 Å². The molecule has 0 unspecified atom stereocenters. The summed E-state index contributed by atoms with van der Waals surface area (Å²) in [4.78, 5) is 20.5. The SMILES string of the molecule is CCNC(=NCC(=O)Nc1cccnc1)NCC1(CCOC)CCCC1.I. The van der Waals surface area contributed by atoms with Crippen LogP contribution in [0.3, 0.4) is 0 Å². The molecule has 1 heterocycles. The highest BCUT2D eigenvalue weighted by molar-refractivity contribution is 14.0.